The van der Waals surface area contributed by atoms with Crippen LogP contribution in [0.3, 0.4) is 0 Å². The van der Waals surface area contributed by atoms with E-state index in [1.165, 1.54) is 0 Å². The van der Waals surface area contributed by atoms with Crippen molar-refractivity contribution in [1.82, 2.24) is 14.5 Å². The first-order valence-electron chi connectivity index (χ1n) is 7.99. The molecule has 0 aliphatic carbocycles. The summed E-state index contributed by atoms with van der Waals surface area (Å²) in [5.74, 6) is 3.80. The number of rotatable bonds is 4. The molecule has 0 amide bonds. The molecular formula is C14H29IN4O2S3. The number of hydrogen-bond acceptors (Lipinski definition) is 5. The third kappa shape index (κ3) is 6.73. The van der Waals surface area contributed by atoms with Gasteiger partial charge >= 0.3 is 0 Å². The van der Waals surface area contributed by atoms with Crippen LogP contribution in [0.5, 0.6) is 0 Å². The fourth-order valence-corrected chi connectivity index (χ4v) is 6.38. The molecule has 0 saturated carbocycles. The lowest BCUT2D eigenvalue weighted by atomic mass is 10.2. The maximum absolute atomic E-state index is 12.4. The average Bonchev–Trinajstić information content (AvgIpc) is 2.51. The molecule has 0 aromatic heterocycles. The molecule has 2 fully saturated rings. The summed E-state index contributed by atoms with van der Waals surface area (Å²) in [5.41, 5.74) is 0. The van der Waals surface area contributed by atoms with Crippen LogP contribution in [0.1, 0.15) is 13.8 Å². The summed E-state index contributed by atoms with van der Waals surface area (Å²) in [5, 5.41) is 3.23. The van der Waals surface area contributed by atoms with Crippen molar-refractivity contribution in [3.63, 3.8) is 0 Å². The van der Waals surface area contributed by atoms with Gasteiger partial charge in [-0.2, -0.15) is 23.5 Å². The zero-order valence-electron chi connectivity index (χ0n) is 14.7. The zero-order chi connectivity index (χ0) is 16.9. The van der Waals surface area contributed by atoms with Gasteiger partial charge in [0.05, 0.1) is 5.75 Å². The Morgan fingerprint density at radius 1 is 1.21 bits per heavy atom. The molecule has 0 aromatic carbocycles. The third-order valence-electron chi connectivity index (χ3n) is 3.94. The number of thioether (sulfide) groups is 2. The van der Waals surface area contributed by atoms with E-state index in [0.717, 1.165) is 36.3 Å². The Labute approximate surface area is 172 Å². The van der Waals surface area contributed by atoms with E-state index in [1.54, 1.807) is 11.4 Å². The fourth-order valence-electron chi connectivity index (χ4n) is 2.78. The van der Waals surface area contributed by atoms with Crippen LogP contribution in [0, 0.1) is 0 Å². The summed E-state index contributed by atoms with van der Waals surface area (Å²) in [4.78, 5) is 6.54. The Hall–Kier alpha value is 0.610. The molecule has 0 spiro atoms. The second-order valence-corrected chi connectivity index (χ2v) is 11.4. The monoisotopic (exact) mass is 508 g/mol. The molecule has 6 nitrogen and oxygen atoms in total. The van der Waals surface area contributed by atoms with Crippen molar-refractivity contribution in [1.29, 1.82) is 0 Å². The first-order chi connectivity index (χ1) is 10.8. The maximum atomic E-state index is 12.4. The first-order valence-corrected chi connectivity index (χ1v) is 11.7. The summed E-state index contributed by atoms with van der Waals surface area (Å²) in [6.07, 6.45) is 0. The Kier molecular flexibility index (Phi) is 9.51. The van der Waals surface area contributed by atoms with Crippen LogP contribution in [0.4, 0.5) is 0 Å². The van der Waals surface area contributed by atoms with E-state index in [9.17, 15) is 8.42 Å². The van der Waals surface area contributed by atoms with Crippen molar-refractivity contribution in [2.75, 3.05) is 62.8 Å². The van der Waals surface area contributed by atoms with E-state index < -0.39 is 10.0 Å². The van der Waals surface area contributed by atoms with Gasteiger partial charge in [0.2, 0.25) is 10.0 Å². The van der Waals surface area contributed by atoms with Crippen LogP contribution in [0.2, 0.25) is 0 Å². The van der Waals surface area contributed by atoms with Crippen LogP contribution in [0.15, 0.2) is 4.99 Å². The second-order valence-electron chi connectivity index (χ2n) is 6.33. The highest BCUT2D eigenvalue weighted by atomic mass is 127. The summed E-state index contributed by atoms with van der Waals surface area (Å²) in [7, 11) is -1.40. The van der Waals surface area contributed by atoms with Gasteiger partial charge in [-0.15, -0.1) is 24.0 Å². The smallest absolute Gasteiger partial charge is 0.215 e. The van der Waals surface area contributed by atoms with Crippen molar-refractivity contribution in [3.05, 3.63) is 0 Å². The van der Waals surface area contributed by atoms with Crippen LogP contribution >= 0.6 is 47.5 Å². The normalized spacial score (nSPS) is 22.8. The maximum Gasteiger partial charge on any atom is 0.215 e. The van der Waals surface area contributed by atoms with E-state index in [-0.39, 0.29) is 34.5 Å². The summed E-state index contributed by atoms with van der Waals surface area (Å²) >= 11 is 3.79. The Balaban J connectivity index is 0.00000288. The van der Waals surface area contributed by atoms with Gasteiger partial charge < -0.3 is 10.2 Å². The van der Waals surface area contributed by atoms with Crippen LogP contribution < -0.4 is 5.32 Å². The Morgan fingerprint density at radius 2 is 1.88 bits per heavy atom. The lowest BCUT2D eigenvalue weighted by Crippen LogP contribution is -2.52. The standard InChI is InChI=1S/C14H28N4O2S3.HI/c1-14(2)12-17(5-10-22-14)13(15-3)16-4-11-23(19,20)18-6-8-21-9-7-18;/h4-12H2,1-3H3,(H,15,16);1H. The van der Waals surface area contributed by atoms with E-state index in [0.29, 0.717) is 19.6 Å². The molecule has 1 N–H and O–H groups in total. The number of hydrogen-bond donors (Lipinski definition) is 1. The Bertz CT molecular complexity index is 522. The van der Waals surface area contributed by atoms with Gasteiger partial charge in [0.15, 0.2) is 5.96 Å². The SMILES string of the molecule is CN=C(NCCS(=O)(=O)N1CCSCC1)N1CCSC(C)(C)C1.I. The van der Waals surface area contributed by atoms with E-state index >= 15 is 0 Å². The molecule has 0 bridgehead atoms. The highest BCUT2D eigenvalue weighted by molar-refractivity contribution is 14.0. The molecule has 0 atom stereocenters. The topological polar surface area (TPSA) is 65.0 Å². The number of nitrogens with zero attached hydrogens (tertiary/aromatic N) is 3. The Morgan fingerprint density at radius 3 is 2.46 bits per heavy atom. The molecule has 10 heteroatoms. The summed E-state index contributed by atoms with van der Waals surface area (Å²) in [6, 6.07) is 0. The molecule has 2 saturated heterocycles. The van der Waals surface area contributed by atoms with Crippen LogP contribution in [-0.2, 0) is 10.0 Å². The van der Waals surface area contributed by atoms with Gasteiger partial charge in [-0.1, -0.05) is 0 Å². The number of halogens is 1. The number of sulfonamides is 1. The molecule has 142 valence electrons. The molecule has 24 heavy (non-hydrogen) atoms. The highest BCUT2D eigenvalue weighted by Crippen LogP contribution is 2.29. The molecule has 2 aliphatic rings. The van der Waals surface area contributed by atoms with Crippen LogP contribution in [0.25, 0.3) is 0 Å². The predicted octanol–water partition coefficient (Wildman–Crippen LogP) is 1.39. The van der Waals surface area contributed by atoms with E-state index in [1.807, 2.05) is 23.5 Å². The quantitative estimate of drug-likeness (QED) is 0.352. The van der Waals surface area contributed by atoms with Crippen LogP contribution in [-0.4, -0.2) is 91.1 Å². The molecule has 2 rings (SSSR count). The molecular weight excluding hydrogens is 479 g/mol. The average molecular weight is 509 g/mol. The highest BCUT2D eigenvalue weighted by Gasteiger charge is 2.29. The van der Waals surface area contributed by atoms with Crippen molar-refractivity contribution < 1.29 is 8.42 Å². The van der Waals surface area contributed by atoms with Gasteiger partial charge in [0.25, 0.3) is 0 Å². The van der Waals surface area contributed by atoms with Crippen molar-refractivity contribution >= 4 is 63.5 Å². The molecule has 2 aliphatic heterocycles. The van der Waals surface area contributed by atoms with Gasteiger partial charge in [-0.05, 0) is 13.8 Å². The second kappa shape index (κ2) is 10.1. The minimum absolute atomic E-state index is 0. The lowest BCUT2D eigenvalue weighted by Gasteiger charge is -2.39. The number of aliphatic imine (C=N–C) groups is 1. The molecule has 2 heterocycles. The molecule has 0 aromatic rings. The van der Waals surface area contributed by atoms with Crippen molar-refractivity contribution in [2.45, 2.75) is 18.6 Å². The zero-order valence-corrected chi connectivity index (χ0v) is 19.4. The third-order valence-corrected chi connectivity index (χ3v) is 8.06. The minimum Gasteiger partial charge on any atom is -0.355 e. The fraction of sp³-hybridized carbons (Fsp3) is 0.929. The van der Waals surface area contributed by atoms with E-state index in [4.69, 9.17) is 0 Å². The van der Waals surface area contributed by atoms with Crippen molar-refractivity contribution in [3.8, 4) is 0 Å². The minimum atomic E-state index is -3.16. The van der Waals surface area contributed by atoms with Gasteiger partial charge in [0.1, 0.15) is 0 Å². The van der Waals surface area contributed by atoms with Gasteiger partial charge in [-0.25, -0.2) is 12.7 Å². The lowest BCUT2D eigenvalue weighted by molar-refractivity contribution is 0.376. The van der Waals surface area contributed by atoms with Gasteiger partial charge in [0, 0.05) is 61.8 Å². The molecule has 0 radical (unpaired) electrons. The first kappa shape index (κ1) is 22.7. The molecule has 0 unspecified atom stereocenters. The van der Waals surface area contributed by atoms with Crippen molar-refractivity contribution in [2.24, 2.45) is 4.99 Å². The predicted molar refractivity (Wildman–Crippen MR) is 118 cm³/mol. The summed E-state index contributed by atoms with van der Waals surface area (Å²) < 4.78 is 26.5. The van der Waals surface area contributed by atoms with Gasteiger partial charge in [-0.3, -0.25) is 4.99 Å². The summed E-state index contributed by atoms with van der Waals surface area (Å²) in [6.45, 7) is 8.02. The van der Waals surface area contributed by atoms with E-state index in [2.05, 4.69) is 29.1 Å². The largest absolute Gasteiger partial charge is 0.355 e. The number of guanidine groups is 1. The number of nitrogens with one attached hydrogen (secondary N) is 1.